The number of para-hydroxylation sites is 7. The molecule has 0 bridgehead atoms. The summed E-state index contributed by atoms with van der Waals surface area (Å²) in [5.41, 5.74) is 23.2. The predicted molar refractivity (Wildman–Crippen MR) is 345 cm³/mol. The molecule has 7 aromatic heterocycles. The fourth-order valence-corrected chi connectivity index (χ4v) is 13.9. The Labute approximate surface area is 475 Å². The van der Waals surface area contributed by atoms with Crippen LogP contribution in [0.1, 0.15) is 0 Å². The van der Waals surface area contributed by atoms with E-state index in [1.807, 2.05) is 24.5 Å². The molecule has 7 heteroatoms. The van der Waals surface area contributed by atoms with Gasteiger partial charge in [-0.25, -0.2) is 0 Å². The third-order valence-electron chi connectivity index (χ3n) is 17.3. The molecule has 18 rings (SSSR count). The maximum absolute atomic E-state index is 5.06. The molecule has 0 saturated heterocycles. The van der Waals surface area contributed by atoms with Gasteiger partial charge in [0.2, 0.25) is 0 Å². The van der Waals surface area contributed by atoms with Gasteiger partial charge in [0.25, 0.3) is 0 Å². The zero-order valence-corrected chi connectivity index (χ0v) is 44.8. The van der Waals surface area contributed by atoms with Crippen LogP contribution in [0.25, 0.3) is 160 Å². The van der Waals surface area contributed by atoms with E-state index in [1.165, 1.54) is 54.4 Å². The Hall–Kier alpha value is -11.3. The molecule has 0 radical (unpaired) electrons. The van der Waals surface area contributed by atoms with Gasteiger partial charge in [0.05, 0.1) is 66.2 Å². The summed E-state index contributed by atoms with van der Waals surface area (Å²) in [6, 6.07) is 99.8. The summed E-state index contributed by atoms with van der Waals surface area (Å²) in [4.78, 5) is 9.91. The molecule has 0 spiro atoms. The van der Waals surface area contributed by atoms with Crippen molar-refractivity contribution in [3.05, 3.63) is 285 Å². The highest BCUT2D eigenvalue weighted by atomic mass is 15.0. The van der Waals surface area contributed by atoms with Gasteiger partial charge in [0.15, 0.2) is 0 Å². The zero-order chi connectivity index (χ0) is 54.3. The van der Waals surface area contributed by atoms with E-state index in [0.29, 0.717) is 0 Å². The quantitative estimate of drug-likeness (QED) is 0.160. The highest BCUT2D eigenvalue weighted by Crippen LogP contribution is 2.43. The van der Waals surface area contributed by atoms with Crippen LogP contribution in [0.15, 0.2) is 285 Å². The summed E-state index contributed by atoms with van der Waals surface area (Å²) in [5.74, 6) is 0. The SMILES string of the molecule is c1cc(-n2c3ccccc3c3ncccc32)cc(-n2c3cccnc3c3cccc(-c4ccc5c(c4)c4ccccc4n5-c4cc(-c5ccc(-n6c7ccccc7c7ccccc76)cc5)cc(-n5c6ccccc6c6ccccc65)c4)c32)c1. The Morgan fingerprint density at radius 1 is 0.205 bits per heavy atom. The number of pyridine rings is 2. The molecule has 83 heavy (non-hydrogen) atoms. The van der Waals surface area contributed by atoms with Crippen molar-refractivity contribution in [2.24, 2.45) is 0 Å². The van der Waals surface area contributed by atoms with Crippen molar-refractivity contribution in [1.29, 1.82) is 0 Å². The first-order valence-electron chi connectivity index (χ1n) is 28.3. The lowest BCUT2D eigenvalue weighted by molar-refractivity contribution is 1.13. The van der Waals surface area contributed by atoms with Crippen molar-refractivity contribution < 1.29 is 0 Å². The third kappa shape index (κ3) is 6.67. The Balaban J connectivity index is 0.832. The highest BCUT2D eigenvalue weighted by Gasteiger charge is 2.23. The minimum atomic E-state index is 0.966. The number of rotatable bonds is 7. The number of fused-ring (bicyclic) bond motifs is 15. The van der Waals surface area contributed by atoms with Crippen LogP contribution < -0.4 is 0 Å². The van der Waals surface area contributed by atoms with Crippen LogP contribution in [0, 0.1) is 0 Å². The first-order valence-corrected chi connectivity index (χ1v) is 28.3. The molecule has 7 heterocycles. The molecule has 0 aliphatic carbocycles. The summed E-state index contributed by atoms with van der Waals surface area (Å²) in [6.07, 6.45) is 3.79. The monoisotopic (exact) mass is 1060 g/mol. The molecule has 386 valence electrons. The molecule has 0 saturated carbocycles. The fraction of sp³-hybridized carbons (Fsp3) is 0. The van der Waals surface area contributed by atoms with Crippen LogP contribution in [-0.4, -0.2) is 32.8 Å². The van der Waals surface area contributed by atoms with Crippen molar-refractivity contribution in [2.45, 2.75) is 0 Å². The predicted octanol–water partition coefficient (Wildman–Crippen LogP) is 19.3. The first-order chi connectivity index (χ1) is 41.2. The number of aromatic nitrogens is 7. The maximum Gasteiger partial charge on any atom is 0.0963 e. The first kappa shape index (κ1) is 45.6. The number of benzene rings is 11. The smallest absolute Gasteiger partial charge is 0.0963 e. The molecule has 0 amide bonds. The third-order valence-corrected chi connectivity index (χ3v) is 17.3. The number of hydrogen-bond acceptors (Lipinski definition) is 2. The molecule has 7 nitrogen and oxygen atoms in total. The van der Waals surface area contributed by atoms with E-state index < -0.39 is 0 Å². The highest BCUT2D eigenvalue weighted by molar-refractivity contribution is 6.16. The second-order valence-corrected chi connectivity index (χ2v) is 21.8. The molecule has 0 unspecified atom stereocenters. The standard InChI is InChI=1S/C76H47N7/c1-7-27-65-57(19-1)58-20-2-8-28-66(58)79(65)51-38-35-48(36-39-51)50-43-54(81-67-29-9-3-21-59(67)60-22-4-10-30-68(60)81)47-55(44-50)82-69-31-11-5-23-61(69)64-45-49(37-40-71(64)82)56-25-14-26-63-75-73(34-16-42-78-75)83(76(56)63)53-18-13-17-52(46-53)80-70-32-12-6-24-62(70)74-72(80)33-15-41-77-74/h1-47H. The van der Waals surface area contributed by atoms with Gasteiger partial charge in [-0.1, -0.05) is 152 Å². The van der Waals surface area contributed by atoms with E-state index in [-0.39, 0.29) is 0 Å². The Morgan fingerprint density at radius 3 is 1.16 bits per heavy atom. The number of hydrogen-bond donors (Lipinski definition) is 0. The summed E-state index contributed by atoms with van der Waals surface area (Å²) >= 11 is 0. The van der Waals surface area contributed by atoms with Gasteiger partial charge in [-0.2, -0.15) is 0 Å². The van der Waals surface area contributed by atoms with Gasteiger partial charge in [0, 0.05) is 89.5 Å². The summed E-state index contributed by atoms with van der Waals surface area (Å²) in [6.45, 7) is 0. The molecule has 0 aliphatic heterocycles. The molecule has 18 aromatic rings. The van der Waals surface area contributed by atoms with Crippen LogP contribution in [0.2, 0.25) is 0 Å². The summed E-state index contributed by atoms with van der Waals surface area (Å²) in [5, 5.41) is 9.56. The van der Waals surface area contributed by atoms with E-state index in [2.05, 4.69) is 284 Å². The van der Waals surface area contributed by atoms with Crippen molar-refractivity contribution in [2.75, 3.05) is 0 Å². The summed E-state index contributed by atoms with van der Waals surface area (Å²) in [7, 11) is 0. The van der Waals surface area contributed by atoms with Crippen molar-refractivity contribution >= 4 is 109 Å². The minimum absolute atomic E-state index is 0.966. The average Bonchev–Trinajstić information content (AvgIpc) is 4.05. The van der Waals surface area contributed by atoms with Gasteiger partial charge in [-0.3, -0.25) is 9.97 Å². The molecule has 0 aliphatic rings. The van der Waals surface area contributed by atoms with Crippen LogP contribution >= 0.6 is 0 Å². The van der Waals surface area contributed by atoms with Crippen LogP contribution in [0.5, 0.6) is 0 Å². The van der Waals surface area contributed by atoms with Gasteiger partial charge < -0.3 is 22.8 Å². The number of nitrogens with zero attached hydrogens (tertiary/aromatic N) is 7. The normalized spacial score (nSPS) is 12.1. The second kappa shape index (κ2) is 17.6. The van der Waals surface area contributed by atoms with Gasteiger partial charge in [-0.05, 0) is 138 Å². The van der Waals surface area contributed by atoms with Crippen molar-refractivity contribution in [1.82, 2.24) is 32.8 Å². The lowest BCUT2D eigenvalue weighted by atomic mass is 10.00. The van der Waals surface area contributed by atoms with Crippen LogP contribution in [0.3, 0.4) is 0 Å². The lowest BCUT2D eigenvalue weighted by Crippen LogP contribution is -2.00. The molecule has 0 fully saturated rings. The molecular formula is C76H47N7. The van der Waals surface area contributed by atoms with E-state index in [1.54, 1.807) is 0 Å². The van der Waals surface area contributed by atoms with E-state index in [9.17, 15) is 0 Å². The molecule has 0 N–H and O–H groups in total. The van der Waals surface area contributed by atoms with Crippen molar-refractivity contribution in [3.63, 3.8) is 0 Å². The maximum atomic E-state index is 5.06. The average molecular weight is 1060 g/mol. The van der Waals surface area contributed by atoms with E-state index in [4.69, 9.17) is 9.97 Å². The largest absolute Gasteiger partial charge is 0.309 e. The van der Waals surface area contributed by atoms with Gasteiger partial charge >= 0.3 is 0 Å². The Morgan fingerprint density at radius 2 is 0.590 bits per heavy atom. The van der Waals surface area contributed by atoms with Crippen molar-refractivity contribution in [3.8, 4) is 50.7 Å². The topological polar surface area (TPSA) is 50.4 Å². The molecule has 0 atom stereocenters. The fourth-order valence-electron chi connectivity index (χ4n) is 13.9. The minimum Gasteiger partial charge on any atom is -0.309 e. The molecule has 11 aromatic carbocycles. The van der Waals surface area contributed by atoms with Gasteiger partial charge in [0.1, 0.15) is 0 Å². The van der Waals surface area contributed by atoms with Gasteiger partial charge in [-0.15, -0.1) is 0 Å². The van der Waals surface area contributed by atoms with Crippen LogP contribution in [0.4, 0.5) is 0 Å². The lowest BCUT2D eigenvalue weighted by Gasteiger charge is -2.16. The summed E-state index contributed by atoms with van der Waals surface area (Å²) < 4.78 is 12.1. The molecular weight excluding hydrogens is 1010 g/mol. The zero-order valence-electron chi connectivity index (χ0n) is 44.8. The Kier molecular flexibility index (Phi) is 9.67. The Bertz CT molecular complexity index is 5550. The van der Waals surface area contributed by atoms with E-state index in [0.717, 1.165) is 106 Å². The second-order valence-electron chi connectivity index (χ2n) is 21.8. The van der Waals surface area contributed by atoms with E-state index >= 15 is 0 Å². The van der Waals surface area contributed by atoms with Crippen LogP contribution in [-0.2, 0) is 0 Å².